The number of nitrogens with zero attached hydrogens (tertiary/aromatic N) is 2. The largest absolute Gasteiger partial charge is 0.493 e. The molecule has 30 heavy (non-hydrogen) atoms. The number of ether oxygens (including phenoxy) is 2. The van der Waals surface area contributed by atoms with Gasteiger partial charge in [-0.1, -0.05) is 18.2 Å². The highest BCUT2D eigenvalue weighted by Gasteiger charge is 2.50. The molecular formula is C22H23N3O5. The molecule has 4 rings (SSSR count). The van der Waals surface area contributed by atoms with Gasteiger partial charge >= 0.3 is 0 Å². The van der Waals surface area contributed by atoms with E-state index in [0.717, 1.165) is 0 Å². The summed E-state index contributed by atoms with van der Waals surface area (Å²) in [5, 5.41) is 2.81. The Morgan fingerprint density at radius 3 is 2.47 bits per heavy atom. The Labute approximate surface area is 174 Å². The molecule has 3 amide bonds. The highest BCUT2D eigenvalue weighted by Crippen LogP contribution is 2.49. The van der Waals surface area contributed by atoms with Crippen LogP contribution in [0.2, 0.25) is 0 Å². The van der Waals surface area contributed by atoms with Gasteiger partial charge in [-0.3, -0.25) is 19.3 Å². The van der Waals surface area contributed by atoms with Crippen molar-refractivity contribution in [2.45, 2.75) is 26.1 Å². The number of nitrogens with one attached hydrogen (secondary N) is 1. The Morgan fingerprint density at radius 2 is 1.80 bits per heavy atom. The Bertz CT molecular complexity index is 1050. The number of carbonyl (C=O) groups excluding carboxylic acids is 3. The topological polar surface area (TPSA) is 88.2 Å². The molecule has 0 saturated heterocycles. The normalized spacial score (nSPS) is 16.9. The molecule has 0 spiro atoms. The Kier molecular flexibility index (Phi) is 4.85. The van der Waals surface area contributed by atoms with Gasteiger partial charge in [0.1, 0.15) is 12.7 Å². The highest BCUT2D eigenvalue weighted by atomic mass is 16.5. The first-order valence-electron chi connectivity index (χ1n) is 9.66. The number of hydrogen-bond acceptors (Lipinski definition) is 5. The predicted molar refractivity (Wildman–Crippen MR) is 110 cm³/mol. The van der Waals surface area contributed by atoms with Gasteiger partial charge in [-0.15, -0.1) is 0 Å². The number of rotatable bonds is 5. The smallest absolute Gasteiger partial charge is 0.264 e. The summed E-state index contributed by atoms with van der Waals surface area (Å²) in [5.74, 6) is -0.167. The molecule has 0 aliphatic carbocycles. The Balaban J connectivity index is 1.89. The van der Waals surface area contributed by atoms with Crippen LogP contribution in [0.5, 0.6) is 11.5 Å². The number of hydrogen-bond donors (Lipinski definition) is 1. The second kappa shape index (κ2) is 7.37. The quantitative estimate of drug-likeness (QED) is 0.819. The van der Waals surface area contributed by atoms with Gasteiger partial charge in [-0.25, -0.2) is 0 Å². The number of fused-ring (bicyclic) bond motifs is 5. The van der Waals surface area contributed by atoms with E-state index in [1.807, 2.05) is 13.8 Å². The number of amides is 3. The number of carbonyl (C=O) groups is 3. The maximum atomic E-state index is 13.5. The molecule has 2 aliphatic heterocycles. The van der Waals surface area contributed by atoms with E-state index in [-0.39, 0.29) is 30.3 Å². The SMILES string of the molecule is COc1ccc2c(c1OC)C(=O)N1c3ccccc3C(=O)N(CC(=O)NC(C)C)[C@@H]21. The van der Waals surface area contributed by atoms with Crippen LogP contribution in [0, 0.1) is 0 Å². The van der Waals surface area contributed by atoms with Crippen LogP contribution in [0.4, 0.5) is 5.69 Å². The van der Waals surface area contributed by atoms with Crippen LogP contribution in [0.3, 0.4) is 0 Å². The zero-order valence-electron chi connectivity index (χ0n) is 17.3. The molecule has 0 radical (unpaired) electrons. The van der Waals surface area contributed by atoms with Crippen molar-refractivity contribution in [1.29, 1.82) is 0 Å². The van der Waals surface area contributed by atoms with E-state index in [1.54, 1.807) is 41.3 Å². The van der Waals surface area contributed by atoms with E-state index in [1.165, 1.54) is 19.1 Å². The standard InChI is InChI=1S/C22H23N3O5/c1-12(2)23-17(26)11-24-20-14-9-10-16(29-3)19(30-4)18(14)22(28)25(20)15-8-6-5-7-13(15)21(24)27/h5-10,12,20H,11H2,1-4H3,(H,23,26)/t20-/m1/s1. The number of methoxy groups -OCH3 is 2. The number of benzene rings is 2. The van der Waals surface area contributed by atoms with Gasteiger partial charge in [0.25, 0.3) is 11.8 Å². The van der Waals surface area contributed by atoms with Crippen LogP contribution in [-0.2, 0) is 4.79 Å². The number of para-hydroxylation sites is 1. The summed E-state index contributed by atoms with van der Waals surface area (Å²) in [6.07, 6.45) is -0.743. The van der Waals surface area contributed by atoms with Crippen LogP contribution < -0.4 is 19.7 Å². The van der Waals surface area contributed by atoms with E-state index in [0.29, 0.717) is 33.9 Å². The summed E-state index contributed by atoms with van der Waals surface area (Å²) >= 11 is 0. The molecule has 8 heteroatoms. The third-order valence-electron chi connectivity index (χ3n) is 5.25. The summed E-state index contributed by atoms with van der Waals surface area (Å²) < 4.78 is 10.8. The average molecular weight is 409 g/mol. The Hall–Kier alpha value is -3.55. The van der Waals surface area contributed by atoms with Crippen LogP contribution in [0.1, 0.15) is 46.3 Å². The first kappa shape index (κ1) is 19.8. The first-order chi connectivity index (χ1) is 14.4. The van der Waals surface area contributed by atoms with Crippen molar-refractivity contribution in [3.63, 3.8) is 0 Å². The molecule has 2 aliphatic rings. The van der Waals surface area contributed by atoms with Gasteiger partial charge in [0, 0.05) is 11.6 Å². The summed E-state index contributed by atoms with van der Waals surface area (Å²) in [6, 6.07) is 10.3. The van der Waals surface area contributed by atoms with Crippen molar-refractivity contribution in [2.75, 3.05) is 25.7 Å². The minimum absolute atomic E-state index is 0.0670. The fourth-order valence-electron chi connectivity index (χ4n) is 4.11. The lowest BCUT2D eigenvalue weighted by Gasteiger charge is -2.40. The fraction of sp³-hybridized carbons (Fsp3) is 0.318. The summed E-state index contributed by atoms with van der Waals surface area (Å²) in [5.41, 5.74) is 1.81. The monoisotopic (exact) mass is 409 g/mol. The second-order valence-corrected chi connectivity index (χ2v) is 7.49. The molecule has 2 aromatic carbocycles. The predicted octanol–water partition coefficient (Wildman–Crippen LogP) is 2.34. The van der Waals surface area contributed by atoms with Gasteiger partial charge in [0.15, 0.2) is 11.5 Å². The molecule has 0 fully saturated rings. The highest BCUT2D eigenvalue weighted by molar-refractivity contribution is 6.18. The molecule has 1 N–H and O–H groups in total. The van der Waals surface area contributed by atoms with E-state index in [9.17, 15) is 14.4 Å². The summed E-state index contributed by atoms with van der Waals surface area (Å²) in [7, 11) is 2.97. The minimum atomic E-state index is -0.743. The van der Waals surface area contributed by atoms with E-state index in [4.69, 9.17) is 9.47 Å². The van der Waals surface area contributed by atoms with Gasteiger partial charge in [-0.05, 0) is 32.0 Å². The van der Waals surface area contributed by atoms with Gasteiger partial charge in [0.2, 0.25) is 5.91 Å². The molecule has 2 aromatic rings. The zero-order chi connectivity index (χ0) is 21.6. The molecular weight excluding hydrogens is 386 g/mol. The number of anilines is 1. The molecule has 0 saturated carbocycles. The van der Waals surface area contributed by atoms with Gasteiger partial charge < -0.3 is 19.7 Å². The average Bonchev–Trinajstić information content (AvgIpc) is 3.02. The van der Waals surface area contributed by atoms with Crippen LogP contribution in [0.25, 0.3) is 0 Å². The third-order valence-corrected chi connectivity index (χ3v) is 5.25. The summed E-state index contributed by atoms with van der Waals surface area (Å²) in [6.45, 7) is 3.53. The zero-order valence-corrected chi connectivity index (χ0v) is 17.3. The van der Waals surface area contributed by atoms with Crippen molar-refractivity contribution in [1.82, 2.24) is 10.2 Å². The lowest BCUT2D eigenvalue weighted by atomic mass is 10.0. The fourth-order valence-corrected chi connectivity index (χ4v) is 4.11. The van der Waals surface area contributed by atoms with Crippen LogP contribution in [-0.4, -0.2) is 49.4 Å². The molecule has 1 atom stereocenters. The van der Waals surface area contributed by atoms with Gasteiger partial charge in [-0.2, -0.15) is 0 Å². The van der Waals surface area contributed by atoms with Crippen molar-refractivity contribution in [3.8, 4) is 11.5 Å². The van der Waals surface area contributed by atoms with E-state index in [2.05, 4.69) is 5.32 Å². The molecule has 0 bridgehead atoms. The van der Waals surface area contributed by atoms with Crippen LogP contribution >= 0.6 is 0 Å². The minimum Gasteiger partial charge on any atom is -0.493 e. The van der Waals surface area contributed by atoms with E-state index >= 15 is 0 Å². The lowest BCUT2D eigenvalue weighted by Crippen LogP contribution is -2.52. The van der Waals surface area contributed by atoms with Crippen molar-refractivity contribution >= 4 is 23.4 Å². The maximum absolute atomic E-state index is 13.5. The van der Waals surface area contributed by atoms with Crippen molar-refractivity contribution in [2.24, 2.45) is 0 Å². The van der Waals surface area contributed by atoms with Crippen molar-refractivity contribution < 1.29 is 23.9 Å². The molecule has 0 unspecified atom stereocenters. The molecule has 0 aromatic heterocycles. The lowest BCUT2D eigenvalue weighted by molar-refractivity contribution is -0.122. The van der Waals surface area contributed by atoms with Crippen LogP contribution in [0.15, 0.2) is 36.4 Å². The molecule has 156 valence electrons. The van der Waals surface area contributed by atoms with Gasteiger partial charge in [0.05, 0.1) is 31.0 Å². The third kappa shape index (κ3) is 2.87. The molecule has 8 nitrogen and oxygen atoms in total. The Morgan fingerprint density at radius 1 is 1.07 bits per heavy atom. The first-order valence-corrected chi connectivity index (χ1v) is 9.66. The second-order valence-electron chi connectivity index (χ2n) is 7.49. The maximum Gasteiger partial charge on any atom is 0.264 e. The van der Waals surface area contributed by atoms with Crippen molar-refractivity contribution in [3.05, 3.63) is 53.1 Å². The summed E-state index contributed by atoms with van der Waals surface area (Å²) in [4.78, 5) is 42.3. The molecule has 2 heterocycles. The van der Waals surface area contributed by atoms with E-state index < -0.39 is 6.17 Å².